The molecule has 3 aromatic rings. The van der Waals surface area contributed by atoms with Gasteiger partial charge in [-0.1, -0.05) is 22.9 Å². The Labute approximate surface area is 177 Å². The summed E-state index contributed by atoms with van der Waals surface area (Å²) in [6, 6.07) is 10.9. The summed E-state index contributed by atoms with van der Waals surface area (Å²) in [5, 5.41) is 4.40. The molecule has 0 unspecified atom stereocenters. The molecule has 1 aromatic heterocycles. The van der Waals surface area contributed by atoms with Crippen LogP contribution >= 0.6 is 22.9 Å². The summed E-state index contributed by atoms with van der Waals surface area (Å²) in [4.78, 5) is 21.4. The molecule has 1 fully saturated rings. The van der Waals surface area contributed by atoms with Gasteiger partial charge in [-0.2, -0.15) is 0 Å². The third-order valence-electron chi connectivity index (χ3n) is 4.82. The number of nitrogens with one attached hydrogen (secondary N) is 1. The van der Waals surface area contributed by atoms with Gasteiger partial charge in [0.25, 0.3) is 0 Å². The fraction of sp³-hybridized carbons (Fsp3) is 0.300. The number of fused-ring (bicyclic) bond motifs is 1. The number of piperazine rings is 1. The van der Waals surface area contributed by atoms with Crippen LogP contribution in [-0.2, 0) is 0 Å². The Balaban J connectivity index is 1.40. The van der Waals surface area contributed by atoms with E-state index in [1.807, 2.05) is 18.2 Å². The highest BCUT2D eigenvalue weighted by Gasteiger charge is 2.24. The number of aromatic nitrogens is 1. The van der Waals surface area contributed by atoms with Crippen molar-refractivity contribution in [1.29, 1.82) is 0 Å². The summed E-state index contributed by atoms with van der Waals surface area (Å²) < 4.78 is 11.7. The second-order valence-corrected chi connectivity index (χ2v) is 8.02. The highest BCUT2D eigenvalue weighted by atomic mass is 35.5. The van der Waals surface area contributed by atoms with E-state index in [1.54, 1.807) is 48.7 Å². The lowest BCUT2D eigenvalue weighted by Gasteiger charge is -2.34. The molecule has 0 saturated carbocycles. The first-order chi connectivity index (χ1) is 14.1. The van der Waals surface area contributed by atoms with Crippen molar-refractivity contribution < 1.29 is 14.3 Å². The van der Waals surface area contributed by atoms with Crippen LogP contribution in [0.1, 0.15) is 0 Å². The Morgan fingerprint density at radius 2 is 1.90 bits per heavy atom. The number of urea groups is 1. The number of amides is 2. The highest BCUT2D eigenvalue weighted by molar-refractivity contribution is 7.22. The topological polar surface area (TPSA) is 66.9 Å². The minimum Gasteiger partial charge on any atom is -0.497 e. The number of rotatable bonds is 4. The average molecular weight is 433 g/mol. The van der Waals surface area contributed by atoms with E-state index in [1.165, 1.54) is 0 Å². The summed E-state index contributed by atoms with van der Waals surface area (Å²) in [5.41, 5.74) is 1.52. The molecule has 0 spiro atoms. The van der Waals surface area contributed by atoms with Gasteiger partial charge >= 0.3 is 6.03 Å². The summed E-state index contributed by atoms with van der Waals surface area (Å²) in [6.45, 7) is 2.65. The minimum atomic E-state index is -0.167. The molecule has 9 heteroatoms. The second kappa shape index (κ2) is 8.34. The number of benzene rings is 2. The number of halogens is 1. The highest BCUT2D eigenvalue weighted by Crippen LogP contribution is 2.32. The molecule has 2 amide bonds. The molecule has 2 aromatic carbocycles. The van der Waals surface area contributed by atoms with E-state index in [-0.39, 0.29) is 6.03 Å². The molecule has 0 atom stereocenters. The van der Waals surface area contributed by atoms with Gasteiger partial charge in [-0.05, 0) is 36.4 Å². The molecule has 1 saturated heterocycles. The fourth-order valence-electron chi connectivity index (χ4n) is 3.23. The Kier molecular flexibility index (Phi) is 5.64. The van der Waals surface area contributed by atoms with E-state index in [2.05, 4.69) is 10.2 Å². The van der Waals surface area contributed by atoms with Crippen LogP contribution < -0.4 is 19.7 Å². The van der Waals surface area contributed by atoms with E-state index < -0.39 is 0 Å². The maximum atomic E-state index is 12.7. The van der Waals surface area contributed by atoms with E-state index in [9.17, 15) is 4.79 Å². The Bertz CT molecular complexity index is 1030. The van der Waals surface area contributed by atoms with E-state index >= 15 is 0 Å². The smallest absolute Gasteiger partial charge is 0.322 e. The van der Waals surface area contributed by atoms with Gasteiger partial charge in [0, 0.05) is 31.2 Å². The van der Waals surface area contributed by atoms with Crippen LogP contribution in [0.15, 0.2) is 36.4 Å². The van der Waals surface area contributed by atoms with Crippen LogP contribution in [0, 0.1) is 0 Å². The Hall–Kier alpha value is -2.71. The van der Waals surface area contributed by atoms with Crippen molar-refractivity contribution >= 4 is 50.0 Å². The van der Waals surface area contributed by atoms with E-state index in [0.29, 0.717) is 29.5 Å². The van der Waals surface area contributed by atoms with Crippen LogP contribution in [0.2, 0.25) is 5.02 Å². The Morgan fingerprint density at radius 3 is 2.62 bits per heavy atom. The molecule has 0 radical (unpaired) electrons. The van der Waals surface area contributed by atoms with Crippen molar-refractivity contribution in [2.75, 3.05) is 50.6 Å². The minimum absolute atomic E-state index is 0.167. The Morgan fingerprint density at radius 1 is 1.10 bits per heavy atom. The zero-order chi connectivity index (χ0) is 20.4. The molecule has 0 bridgehead atoms. The van der Waals surface area contributed by atoms with Crippen molar-refractivity contribution in [3.63, 3.8) is 0 Å². The molecular weight excluding hydrogens is 412 g/mol. The molecule has 29 heavy (non-hydrogen) atoms. The molecule has 4 rings (SSSR count). The summed E-state index contributed by atoms with van der Waals surface area (Å²) in [6.07, 6.45) is 0. The first-order valence-corrected chi connectivity index (χ1v) is 10.4. The second-order valence-electron chi connectivity index (χ2n) is 6.58. The first kappa shape index (κ1) is 19.6. The van der Waals surface area contributed by atoms with Crippen LogP contribution in [0.3, 0.4) is 0 Å². The van der Waals surface area contributed by atoms with Gasteiger partial charge in [-0.3, -0.25) is 0 Å². The lowest BCUT2D eigenvalue weighted by Crippen LogP contribution is -2.50. The zero-order valence-electron chi connectivity index (χ0n) is 16.1. The number of thiazole rings is 1. The SMILES string of the molecule is COc1ccc2nc(N3CCN(C(=O)Nc4cc(Cl)ccc4OC)CC3)sc2c1. The molecule has 152 valence electrons. The quantitative estimate of drug-likeness (QED) is 0.665. The molecule has 1 N–H and O–H groups in total. The van der Waals surface area contributed by atoms with Gasteiger partial charge in [-0.25, -0.2) is 9.78 Å². The molecule has 0 aliphatic carbocycles. The summed E-state index contributed by atoms with van der Waals surface area (Å²) >= 11 is 7.68. The maximum Gasteiger partial charge on any atom is 0.322 e. The van der Waals surface area contributed by atoms with Gasteiger partial charge in [0.2, 0.25) is 0 Å². The predicted octanol–water partition coefficient (Wildman–Crippen LogP) is 4.32. The van der Waals surface area contributed by atoms with Crippen molar-refractivity contribution in [2.24, 2.45) is 0 Å². The number of nitrogens with zero attached hydrogens (tertiary/aromatic N) is 3. The van der Waals surface area contributed by atoms with Crippen LogP contribution in [0.5, 0.6) is 11.5 Å². The molecular formula is C20H21ClN4O3S. The van der Waals surface area contributed by atoms with Crippen LogP contribution in [0.4, 0.5) is 15.6 Å². The lowest BCUT2D eigenvalue weighted by molar-refractivity contribution is 0.208. The normalized spacial score (nSPS) is 14.2. The maximum absolute atomic E-state index is 12.7. The van der Waals surface area contributed by atoms with E-state index in [0.717, 1.165) is 34.2 Å². The van der Waals surface area contributed by atoms with E-state index in [4.69, 9.17) is 26.1 Å². The van der Waals surface area contributed by atoms with Gasteiger partial charge in [0.15, 0.2) is 5.13 Å². The number of hydrogen-bond donors (Lipinski definition) is 1. The predicted molar refractivity (Wildman–Crippen MR) is 117 cm³/mol. The van der Waals surface area contributed by atoms with Crippen molar-refractivity contribution in [2.45, 2.75) is 0 Å². The fourth-order valence-corrected chi connectivity index (χ4v) is 4.45. The van der Waals surface area contributed by atoms with Gasteiger partial charge < -0.3 is 24.6 Å². The summed E-state index contributed by atoms with van der Waals surface area (Å²) in [7, 11) is 3.22. The number of methoxy groups -OCH3 is 2. The molecule has 1 aliphatic rings. The number of anilines is 2. The molecule has 7 nitrogen and oxygen atoms in total. The van der Waals surface area contributed by atoms with Crippen molar-refractivity contribution in [1.82, 2.24) is 9.88 Å². The zero-order valence-corrected chi connectivity index (χ0v) is 17.7. The summed E-state index contributed by atoms with van der Waals surface area (Å²) in [5.74, 6) is 1.40. The third kappa shape index (κ3) is 4.18. The monoisotopic (exact) mass is 432 g/mol. The third-order valence-corrected chi connectivity index (χ3v) is 6.14. The number of hydrogen-bond acceptors (Lipinski definition) is 6. The van der Waals surface area contributed by atoms with Gasteiger partial charge in [0.1, 0.15) is 11.5 Å². The number of carbonyl (C=O) groups excluding carboxylic acids is 1. The van der Waals surface area contributed by atoms with Crippen LogP contribution in [0.25, 0.3) is 10.2 Å². The number of ether oxygens (including phenoxy) is 2. The standard InChI is InChI=1S/C20H21ClN4O3S/c1-27-14-4-5-15-18(12-14)29-20(23-15)25-9-7-24(8-10-25)19(26)22-16-11-13(21)3-6-17(16)28-2/h3-6,11-12H,7-10H2,1-2H3,(H,22,26). The lowest BCUT2D eigenvalue weighted by atomic mass is 10.3. The van der Waals surface area contributed by atoms with Crippen LogP contribution in [-0.4, -0.2) is 56.3 Å². The van der Waals surface area contributed by atoms with Gasteiger partial charge in [0.05, 0.1) is 30.1 Å². The molecule has 2 heterocycles. The van der Waals surface area contributed by atoms with Crippen molar-refractivity contribution in [3.05, 3.63) is 41.4 Å². The largest absolute Gasteiger partial charge is 0.497 e. The first-order valence-electron chi connectivity index (χ1n) is 9.16. The van der Waals surface area contributed by atoms with Gasteiger partial charge in [-0.15, -0.1) is 0 Å². The number of carbonyl (C=O) groups is 1. The van der Waals surface area contributed by atoms with Crippen molar-refractivity contribution in [3.8, 4) is 11.5 Å². The molecule has 1 aliphatic heterocycles. The average Bonchev–Trinajstić information content (AvgIpc) is 3.17.